The second-order valence-electron chi connectivity index (χ2n) is 4.85. The third-order valence-electron chi connectivity index (χ3n) is 3.55. The zero-order valence-electron chi connectivity index (χ0n) is 11.3. The van der Waals surface area contributed by atoms with E-state index in [2.05, 4.69) is 4.98 Å². The van der Waals surface area contributed by atoms with E-state index in [4.69, 9.17) is 5.26 Å². The number of rotatable bonds is 3. The van der Waals surface area contributed by atoms with Gasteiger partial charge in [-0.15, -0.1) is 0 Å². The Balaban J connectivity index is 1.86. The highest BCUT2D eigenvalue weighted by Gasteiger charge is 2.28. The van der Waals surface area contributed by atoms with Crippen LogP contribution in [0.3, 0.4) is 0 Å². The average molecular weight is 302 g/mol. The first kappa shape index (κ1) is 13.8. The van der Waals surface area contributed by atoms with Gasteiger partial charge in [0.2, 0.25) is 10.0 Å². The molecule has 0 atom stereocenters. The molecule has 2 aromatic rings. The molecule has 1 aromatic heterocycles. The molecular formula is C14H14N4O2S. The van der Waals surface area contributed by atoms with Gasteiger partial charge in [-0.2, -0.15) is 9.57 Å². The lowest BCUT2D eigenvalue weighted by Crippen LogP contribution is -2.38. The Morgan fingerprint density at radius 1 is 1.24 bits per heavy atom. The molecular weight excluding hydrogens is 288 g/mol. The molecule has 0 spiro atoms. The molecule has 1 aromatic carbocycles. The third kappa shape index (κ3) is 2.55. The summed E-state index contributed by atoms with van der Waals surface area (Å²) in [6, 6.07) is 8.52. The lowest BCUT2D eigenvalue weighted by atomic mass is 10.2. The quantitative estimate of drug-likeness (QED) is 0.852. The summed E-state index contributed by atoms with van der Waals surface area (Å²) in [4.78, 5) is 4.43. The summed E-state index contributed by atoms with van der Waals surface area (Å²) in [7, 11) is -3.52. The van der Waals surface area contributed by atoms with E-state index in [9.17, 15) is 8.42 Å². The van der Waals surface area contributed by atoms with Crippen LogP contribution in [-0.4, -0.2) is 28.8 Å². The summed E-state index contributed by atoms with van der Waals surface area (Å²) >= 11 is 0. The van der Waals surface area contributed by atoms with Gasteiger partial charge in [0.25, 0.3) is 0 Å². The fourth-order valence-electron chi connectivity index (χ4n) is 2.38. The molecule has 0 N–H and O–H groups in total. The van der Waals surface area contributed by atoms with Crippen LogP contribution in [0.5, 0.6) is 0 Å². The number of fused-ring (bicyclic) bond motifs is 1. The minimum absolute atomic E-state index is 0.254. The summed E-state index contributed by atoms with van der Waals surface area (Å²) in [6.07, 6.45) is 3.82. The minimum atomic E-state index is -3.52. The molecule has 21 heavy (non-hydrogen) atoms. The fourth-order valence-corrected chi connectivity index (χ4v) is 3.76. The highest BCUT2D eigenvalue weighted by molar-refractivity contribution is 7.89. The Morgan fingerprint density at radius 2 is 2.00 bits per heavy atom. The number of aromatic nitrogens is 2. The Morgan fingerprint density at radius 3 is 2.71 bits per heavy atom. The van der Waals surface area contributed by atoms with E-state index in [-0.39, 0.29) is 17.9 Å². The number of nitriles is 1. The van der Waals surface area contributed by atoms with E-state index >= 15 is 0 Å². The molecule has 108 valence electrons. The first-order valence-corrected chi connectivity index (χ1v) is 8.01. The highest BCUT2D eigenvalue weighted by atomic mass is 32.2. The number of sulfonamides is 1. The Bertz CT molecular complexity index is 787. The van der Waals surface area contributed by atoms with E-state index in [1.165, 1.54) is 4.31 Å². The molecule has 0 unspecified atom stereocenters. The first-order chi connectivity index (χ1) is 10.1. The second-order valence-corrected chi connectivity index (χ2v) is 6.79. The molecule has 0 radical (unpaired) electrons. The zero-order valence-corrected chi connectivity index (χ0v) is 12.1. The van der Waals surface area contributed by atoms with Crippen LogP contribution in [0.15, 0.2) is 41.6 Å². The predicted octanol–water partition coefficient (Wildman–Crippen LogP) is 1.15. The van der Waals surface area contributed by atoms with Gasteiger partial charge in [-0.1, -0.05) is 12.1 Å². The summed E-state index contributed by atoms with van der Waals surface area (Å²) in [5, 5.41) is 8.64. The van der Waals surface area contributed by atoms with Crippen molar-refractivity contribution in [2.24, 2.45) is 0 Å². The zero-order chi connectivity index (χ0) is 14.9. The third-order valence-corrected chi connectivity index (χ3v) is 5.41. The summed E-state index contributed by atoms with van der Waals surface area (Å²) in [5.74, 6) is 0.755. The molecule has 6 nitrogen and oxygen atoms in total. The van der Waals surface area contributed by atoms with Crippen molar-refractivity contribution in [2.45, 2.75) is 24.4 Å². The van der Waals surface area contributed by atoms with Crippen LogP contribution in [0.4, 0.5) is 0 Å². The van der Waals surface area contributed by atoms with Crippen LogP contribution in [-0.2, 0) is 29.5 Å². The summed E-state index contributed by atoms with van der Waals surface area (Å²) in [5.41, 5.74) is 0.811. The van der Waals surface area contributed by atoms with Crippen LogP contribution in [0.1, 0.15) is 11.4 Å². The van der Waals surface area contributed by atoms with E-state index in [1.807, 2.05) is 16.8 Å². The first-order valence-electron chi connectivity index (χ1n) is 6.57. The van der Waals surface area contributed by atoms with Crippen LogP contribution in [0.2, 0.25) is 0 Å². The molecule has 2 heterocycles. The number of nitrogens with zero attached hydrogens (tertiary/aromatic N) is 4. The lowest BCUT2D eigenvalue weighted by molar-refractivity contribution is 0.335. The van der Waals surface area contributed by atoms with E-state index in [1.54, 1.807) is 30.5 Å². The van der Waals surface area contributed by atoms with Gasteiger partial charge in [0.05, 0.1) is 23.9 Å². The molecule has 1 aliphatic heterocycles. The topological polar surface area (TPSA) is 79.0 Å². The molecule has 0 fully saturated rings. The SMILES string of the molecule is N#CCc1ccc(S(=O)(=O)N2CCn3ccnc3C2)cc1. The van der Waals surface area contributed by atoms with Crippen molar-refractivity contribution in [3.05, 3.63) is 48.0 Å². The van der Waals surface area contributed by atoms with Crippen molar-refractivity contribution in [1.29, 1.82) is 5.26 Å². The molecule has 0 amide bonds. The van der Waals surface area contributed by atoms with E-state index in [0.717, 1.165) is 11.4 Å². The van der Waals surface area contributed by atoms with Crippen molar-refractivity contribution in [3.63, 3.8) is 0 Å². The number of imidazole rings is 1. The molecule has 0 saturated carbocycles. The molecule has 0 saturated heterocycles. The molecule has 0 bridgehead atoms. The highest BCUT2D eigenvalue weighted by Crippen LogP contribution is 2.21. The van der Waals surface area contributed by atoms with Crippen molar-refractivity contribution in [2.75, 3.05) is 6.54 Å². The van der Waals surface area contributed by atoms with Crippen molar-refractivity contribution < 1.29 is 8.42 Å². The molecule has 7 heteroatoms. The van der Waals surface area contributed by atoms with Gasteiger partial charge >= 0.3 is 0 Å². The maximum absolute atomic E-state index is 12.6. The Hall–Kier alpha value is -2.17. The van der Waals surface area contributed by atoms with Crippen molar-refractivity contribution in [3.8, 4) is 6.07 Å². The monoisotopic (exact) mass is 302 g/mol. The van der Waals surface area contributed by atoms with Gasteiger partial charge < -0.3 is 4.57 Å². The average Bonchev–Trinajstić information content (AvgIpc) is 2.95. The summed E-state index contributed by atoms with van der Waals surface area (Å²) in [6.45, 7) is 1.34. The maximum atomic E-state index is 12.6. The summed E-state index contributed by atoms with van der Waals surface area (Å²) < 4.78 is 28.6. The maximum Gasteiger partial charge on any atom is 0.243 e. The van der Waals surface area contributed by atoms with E-state index < -0.39 is 10.0 Å². The van der Waals surface area contributed by atoms with Gasteiger partial charge in [0.1, 0.15) is 5.82 Å². The van der Waals surface area contributed by atoms with Crippen LogP contribution in [0.25, 0.3) is 0 Å². The molecule has 0 aliphatic carbocycles. The van der Waals surface area contributed by atoms with E-state index in [0.29, 0.717) is 13.1 Å². The normalized spacial score (nSPS) is 15.4. The number of hydrogen-bond donors (Lipinski definition) is 0. The Kier molecular flexibility index (Phi) is 3.49. The second kappa shape index (κ2) is 5.31. The number of hydrogen-bond acceptors (Lipinski definition) is 4. The van der Waals surface area contributed by atoms with Gasteiger partial charge in [-0.25, -0.2) is 13.4 Å². The largest absolute Gasteiger partial charge is 0.333 e. The van der Waals surface area contributed by atoms with Gasteiger partial charge in [0.15, 0.2) is 0 Å². The Labute approximate surface area is 123 Å². The van der Waals surface area contributed by atoms with Crippen LogP contribution in [0, 0.1) is 11.3 Å². The number of benzene rings is 1. The van der Waals surface area contributed by atoms with Gasteiger partial charge in [0, 0.05) is 25.5 Å². The van der Waals surface area contributed by atoms with Crippen LogP contribution < -0.4 is 0 Å². The van der Waals surface area contributed by atoms with Crippen molar-refractivity contribution in [1.82, 2.24) is 13.9 Å². The molecule has 1 aliphatic rings. The van der Waals surface area contributed by atoms with Crippen LogP contribution >= 0.6 is 0 Å². The standard InChI is InChI=1S/C14H14N4O2S/c15-6-5-12-1-3-13(4-2-12)21(19,20)18-10-9-17-8-7-16-14(17)11-18/h1-4,7-8H,5,9-11H2. The van der Waals surface area contributed by atoms with Gasteiger partial charge in [-0.3, -0.25) is 0 Å². The van der Waals surface area contributed by atoms with Gasteiger partial charge in [-0.05, 0) is 17.7 Å². The molecule has 3 rings (SSSR count). The minimum Gasteiger partial charge on any atom is -0.333 e. The lowest BCUT2D eigenvalue weighted by Gasteiger charge is -2.26. The van der Waals surface area contributed by atoms with Crippen molar-refractivity contribution >= 4 is 10.0 Å². The fraction of sp³-hybridized carbons (Fsp3) is 0.286. The predicted molar refractivity (Wildman–Crippen MR) is 75.6 cm³/mol. The smallest absolute Gasteiger partial charge is 0.243 e.